The molecule has 1 amide bonds. The number of amides is 1. The van der Waals surface area contributed by atoms with E-state index in [1.165, 1.54) is 14.0 Å². The Kier molecular flexibility index (Phi) is 10.6. The average Bonchev–Trinajstić information content (AvgIpc) is 2.91. The molecule has 3 rings (SSSR count). The Labute approximate surface area is 216 Å². The molecule has 0 aliphatic heterocycles. The van der Waals surface area contributed by atoms with Crippen LogP contribution in [-0.4, -0.2) is 29.9 Å². The number of carbonyl (C=O) groups excluding carboxylic acids is 3. The lowest BCUT2D eigenvalue weighted by Gasteiger charge is -2.21. The predicted molar refractivity (Wildman–Crippen MR) is 142 cm³/mol. The Morgan fingerprint density at radius 3 is 2.06 bits per heavy atom. The van der Waals surface area contributed by atoms with E-state index in [0.717, 1.165) is 22.9 Å². The molecular weight excluding hydrogens is 474 g/mol. The number of methoxy groups -OCH3 is 1. The molecule has 188 valence electrons. The van der Waals surface area contributed by atoms with Crippen LogP contribution >= 0.6 is 11.8 Å². The fourth-order valence-corrected chi connectivity index (χ4v) is 4.40. The maximum Gasteiger partial charge on any atom is 0.333 e. The highest BCUT2D eigenvalue weighted by atomic mass is 32.2. The molecule has 6 nitrogen and oxygen atoms in total. The van der Waals surface area contributed by atoms with Gasteiger partial charge in [0.15, 0.2) is 11.2 Å². The standard InChI is InChI=1S/C29H31NO5S/c1-21(31)36-20-25(14-13-22-9-5-3-6-10-22)28(32)30-27(29(33)34-2)24-15-17-26(18-16-24)35-19-23-11-7-4-8-12-23/h3-12,15-18,25,27H,13-14,19-20H2,1-2H3,(H,30,32)/t25-,27+/m0/s1. The summed E-state index contributed by atoms with van der Waals surface area (Å²) in [6, 6.07) is 25.7. The minimum Gasteiger partial charge on any atom is -0.489 e. The summed E-state index contributed by atoms with van der Waals surface area (Å²) >= 11 is 1.11. The van der Waals surface area contributed by atoms with Crippen LogP contribution < -0.4 is 10.1 Å². The zero-order chi connectivity index (χ0) is 25.8. The number of esters is 1. The van der Waals surface area contributed by atoms with Crippen molar-refractivity contribution in [3.63, 3.8) is 0 Å². The predicted octanol–water partition coefficient (Wildman–Crippen LogP) is 5.12. The van der Waals surface area contributed by atoms with Crippen molar-refractivity contribution in [2.45, 2.75) is 32.4 Å². The lowest BCUT2D eigenvalue weighted by atomic mass is 9.99. The first kappa shape index (κ1) is 27.0. The van der Waals surface area contributed by atoms with E-state index in [9.17, 15) is 14.4 Å². The molecule has 0 saturated carbocycles. The van der Waals surface area contributed by atoms with Crippen molar-refractivity contribution in [2.24, 2.45) is 5.92 Å². The summed E-state index contributed by atoms with van der Waals surface area (Å²) < 4.78 is 10.8. The third-order valence-electron chi connectivity index (χ3n) is 5.67. The van der Waals surface area contributed by atoms with E-state index in [4.69, 9.17) is 9.47 Å². The second-order valence-corrected chi connectivity index (χ2v) is 9.53. The van der Waals surface area contributed by atoms with E-state index >= 15 is 0 Å². The molecule has 2 atom stereocenters. The molecule has 0 saturated heterocycles. The first-order valence-electron chi connectivity index (χ1n) is 11.8. The number of rotatable bonds is 12. The van der Waals surface area contributed by atoms with Crippen LogP contribution in [0.3, 0.4) is 0 Å². The van der Waals surface area contributed by atoms with Gasteiger partial charge in [0.1, 0.15) is 12.4 Å². The zero-order valence-corrected chi connectivity index (χ0v) is 21.3. The molecule has 0 aromatic heterocycles. The summed E-state index contributed by atoms with van der Waals surface area (Å²) in [4.78, 5) is 37.4. The van der Waals surface area contributed by atoms with Crippen LogP contribution in [-0.2, 0) is 32.1 Å². The molecule has 0 bridgehead atoms. The van der Waals surface area contributed by atoms with Gasteiger partial charge >= 0.3 is 5.97 Å². The number of ether oxygens (including phenoxy) is 2. The van der Waals surface area contributed by atoms with Gasteiger partial charge in [0, 0.05) is 18.6 Å². The van der Waals surface area contributed by atoms with Gasteiger partial charge in [0.25, 0.3) is 0 Å². The Balaban J connectivity index is 1.68. The summed E-state index contributed by atoms with van der Waals surface area (Å²) in [5.74, 6) is -0.313. The van der Waals surface area contributed by atoms with Crippen molar-refractivity contribution in [1.82, 2.24) is 5.32 Å². The molecule has 0 spiro atoms. The monoisotopic (exact) mass is 505 g/mol. The van der Waals surface area contributed by atoms with Crippen molar-refractivity contribution in [2.75, 3.05) is 12.9 Å². The molecule has 0 aliphatic rings. The number of benzene rings is 3. The molecule has 0 fully saturated rings. The van der Waals surface area contributed by atoms with Gasteiger partial charge in [-0.3, -0.25) is 9.59 Å². The zero-order valence-electron chi connectivity index (χ0n) is 20.5. The lowest BCUT2D eigenvalue weighted by Crippen LogP contribution is -2.39. The van der Waals surface area contributed by atoms with Gasteiger partial charge in [0.05, 0.1) is 7.11 Å². The van der Waals surface area contributed by atoms with E-state index in [-0.39, 0.29) is 11.0 Å². The maximum atomic E-state index is 13.2. The molecular formula is C29H31NO5S. The number of nitrogens with one attached hydrogen (secondary N) is 1. The fourth-order valence-electron chi connectivity index (χ4n) is 3.65. The molecule has 0 radical (unpaired) electrons. The highest BCUT2D eigenvalue weighted by molar-refractivity contribution is 8.13. The lowest BCUT2D eigenvalue weighted by molar-refractivity contribution is -0.145. The summed E-state index contributed by atoms with van der Waals surface area (Å²) in [6.07, 6.45) is 1.24. The van der Waals surface area contributed by atoms with Crippen molar-refractivity contribution < 1.29 is 23.9 Å². The fraction of sp³-hybridized carbons (Fsp3) is 0.276. The quantitative estimate of drug-likeness (QED) is 0.344. The van der Waals surface area contributed by atoms with Gasteiger partial charge in [0.2, 0.25) is 5.91 Å². The summed E-state index contributed by atoms with van der Waals surface area (Å²) in [5.41, 5.74) is 2.74. The Morgan fingerprint density at radius 1 is 0.861 bits per heavy atom. The molecule has 0 heterocycles. The summed E-state index contributed by atoms with van der Waals surface area (Å²) in [6.45, 7) is 1.91. The highest BCUT2D eigenvalue weighted by Gasteiger charge is 2.28. The average molecular weight is 506 g/mol. The third-order valence-corrected chi connectivity index (χ3v) is 6.64. The summed E-state index contributed by atoms with van der Waals surface area (Å²) in [7, 11) is 1.29. The number of thioether (sulfide) groups is 1. The van der Waals surface area contributed by atoms with Crippen LogP contribution in [0, 0.1) is 5.92 Å². The van der Waals surface area contributed by atoms with E-state index in [1.807, 2.05) is 60.7 Å². The largest absolute Gasteiger partial charge is 0.489 e. The highest BCUT2D eigenvalue weighted by Crippen LogP contribution is 2.23. The molecule has 3 aromatic carbocycles. The van der Waals surface area contributed by atoms with Gasteiger partial charge in [-0.15, -0.1) is 0 Å². The second-order valence-electron chi connectivity index (χ2n) is 8.33. The first-order chi connectivity index (χ1) is 17.5. The van der Waals surface area contributed by atoms with Crippen LogP contribution in [0.25, 0.3) is 0 Å². The van der Waals surface area contributed by atoms with Gasteiger partial charge in [-0.1, -0.05) is 84.6 Å². The topological polar surface area (TPSA) is 81.7 Å². The van der Waals surface area contributed by atoms with E-state index in [1.54, 1.807) is 24.3 Å². The molecule has 3 aromatic rings. The molecule has 36 heavy (non-hydrogen) atoms. The number of carbonyl (C=O) groups is 3. The number of hydrogen-bond acceptors (Lipinski definition) is 6. The van der Waals surface area contributed by atoms with Gasteiger partial charge in [-0.05, 0) is 41.7 Å². The molecule has 0 aliphatic carbocycles. The summed E-state index contributed by atoms with van der Waals surface area (Å²) in [5, 5.41) is 2.79. The van der Waals surface area contributed by atoms with Crippen molar-refractivity contribution in [3.8, 4) is 5.75 Å². The second kappa shape index (κ2) is 14.1. The number of aryl methyl sites for hydroxylation is 1. The normalized spacial score (nSPS) is 12.3. The van der Waals surface area contributed by atoms with Crippen LogP contribution in [0.1, 0.15) is 36.1 Å². The van der Waals surface area contributed by atoms with E-state index in [0.29, 0.717) is 36.5 Å². The smallest absolute Gasteiger partial charge is 0.333 e. The van der Waals surface area contributed by atoms with E-state index in [2.05, 4.69) is 5.32 Å². The first-order valence-corrected chi connectivity index (χ1v) is 12.8. The minimum absolute atomic E-state index is 0.0527. The van der Waals surface area contributed by atoms with Crippen molar-refractivity contribution in [3.05, 3.63) is 102 Å². The molecule has 7 heteroatoms. The van der Waals surface area contributed by atoms with Crippen LogP contribution in [0.15, 0.2) is 84.9 Å². The minimum atomic E-state index is -0.966. The van der Waals surface area contributed by atoms with Crippen molar-refractivity contribution in [1.29, 1.82) is 0 Å². The Morgan fingerprint density at radius 2 is 1.47 bits per heavy atom. The number of hydrogen-bond donors (Lipinski definition) is 1. The van der Waals surface area contributed by atoms with Gasteiger partial charge < -0.3 is 14.8 Å². The van der Waals surface area contributed by atoms with Crippen LogP contribution in [0.2, 0.25) is 0 Å². The third kappa shape index (κ3) is 8.57. The van der Waals surface area contributed by atoms with E-state index < -0.39 is 17.9 Å². The molecule has 0 unspecified atom stereocenters. The maximum absolute atomic E-state index is 13.2. The Hall–Kier alpha value is -3.58. The van der Waals surface area contributed by atoms with Crippen molar-refractivity contribution >= 4 is 28.8 Å². The Bertz CT molecular complexity index is 1120. The van der Waals surface area contributed by atoms with Crippen LogP contribution in [0.4, 0.5) is 0 Å². The van der Waals surface area contributed by atoms with Crippen LogP contribution in [0.5, 0.6) is 5.75 Å². The SMILES string of the molecule is COC(=O)[C@H](NC(=O)[C@@H](CCc1ccccc1)CSC(C)=O)c1ccc(OCc2ccccc2)cc1. The van der Waals surface area contributed by atoms with Gasteiger partial charge in [-0.2, -0.15) is 0 Å². The van der Waals surface area contributed by atoms with Gasteiger partial charge in [-0.25, -0.2) is 4.79 Å². The molecule has 1 N–H and O–H groups in total.